The van der Waals surface area contributed by atoms with Crippen molar-refractivity contribution in [2.45, 2.75) is 13.0 Å². The lowest BCUT2D eigenvalue weighted by Gasteiger charge is -2.23. The van der Waals surface area contributed by atoms with Crippen LogP contribution in [0.25, 0.3) is 10.9 Å². The van der Waals surface area contributed by atoms with Crippen LogP contribution in [0.5, 0.6) is 0 Å². The Bertz CT molecular complexity index is 914. The zero-order chi connectivity index (χ0) is 17.2. The van der Waals surface area contributed by atoms with Gasteiger partial charge >= 0.3 is 6.09 Å². The van der Waals surface area contributed by atoms with E-state index in [4.69, 9.17) is 10.1 Å². The first kappa shape index (κ1) is 15.4. The Labute approximate surface area is 146 Å². The highest BCUT2D eigenvalue weighted by Gasteiger charge is 2.57. The Balaban J connectivity index is 1.68. The van der Waals surface area contributed by atoms with Crippen LogP contribution in [-0.2, 0) is 7.05 Å². The van der Waals surface area contributed by atoms with E-state index in [1.54, 1.807) is 11.6 Å². The monoisotopic (exact) mass is 392 g/mol. The number of hydrogen-bond donors (Lipinski definition) is 2. The number of rotatable bonds is 2. The fourth-order valence-electron chi connectivity index (χ4n) is 3.79. The van der Waals surface area contributed by atoms with Crippen LogP contribution in [0, 0.1) is 18.8 Å². The molecule has 2 fully saturated rings. The SMILES string of the molecule is Cc1cc(Br)c2nc(N3C[C@@H]4C(NC(=O)O)[C@@H]4C3)n(C)c(=O)c2c1. The van der Waals surface area contributed by atoms with Crippen molar-refractivity contribution < 1.29 is 9.90 Å². The fourth-order valence-corrected chi connectivity index (χ4v) is 4.45. The molecule has 1 aliphatic carbocycles. The molecule has 0 bridgehead atoms. The van der Waals surface area contributed by atoms with Gasteiger partial charge < -0.3 is 15.3 Å². The van der Waals surface area contributed by atoms with Crippen LogP contribution in [0.2, 0.25) is 0 Å². The van der Waals surface area contributed by atoms with Crippen molar-refractivity contribution in [2.75, 3.05) is 18.0 Å². The first-order valence-electron chi connectivity index (χ1n) is 7.78. The molecule has 1 unspecified atom stereocenters. The van der Waals surface area contributed by atoms with E-state index in [0.717, 1.165) is 10.0 Å². The molecule has 0 spiro atoms. The van der Waals surface area contributed by atoms with Crippen LogP contribution in [0.1, 0.15) is 5.56 Å². The molecule has 126 valence electrons. The van der Waals surface area contributed by atoms with Crippen LogP contribution < -0.4 is 15.8 Å². The summed E-state index contributed by atoms with van der Waals surface area (Å²) >= 11 is 3.50. The minimum Gasteiger partial charge on any atom is -0.465 e. The Kier molecular flexibility index (Phi) is 3.35. The molecule has 1 saturated heterocycles. The molecule has 1 aromatic heterocycles. The Morgan fingerprint density at radius 1 is 1.38 bits per heavy atom. The topological polar surface area (TPSA) is 87.5 Å². The lowest BCUT2D eigenvalue weighted by molar-refractivity contribution is 0.192. The molecule has 0 radical (unpaired) electrons. The maximum atomic E-state index is 12.7. The number of carbonyl (C=O) groups is 1. The minimum atomic E-state index is -0.975. The molecule has 1 amide bonds. The number of nitrogens with zero attached hydrogens (tertiary/aromatic N) is 3. The molecular formula is C16H17BrN4O3. The molecule has 1 aliphatic heterocycles. The van der Waals surface area contributed by atoms with Gasteiger partial charge in [0.2, 0.25) is 5.95 Å². The molecule has 2 heterocycles. The third-order valence-electron chi connectivity index (χ3n) is 5.02. The molecule has 4 rings (SSSR count). The molecule has 2 aliphatic rings. The van der Waals surface area contributed by atoms with Crippen molar-refractivity contribution in [3.05, 3.63) is 32.5 Å². The number of nitrogens with one attached hydrogen (secondary N) is 1. The molecule has 3 atom stereocenters. The number of aryl methyl sites for hydroxylation is 1. The van der Waals surface area contributed by atoms with E-state index in [9.17, 15) is 9.59 Å². The number of carboxylic acid groups (broad SMARTS) is 1. The second-order valence-corrected chi connectivity index (χ2v) is 7.48. The Hall–Kier alpha value is -2.09. The van der Waals surface area contributed by atoms with Gasteiger partial charge in [-0.2, -0.15) is 0 Å². The smallest absolute Gasteiger partial charge is 0.404 e. The van der Waals surface area contributed by atoms with Crippen LogP contribution in [0.3, 0.4) is 0 Å². The molecule has 1 saturated carbocycles. The molecule has 2 aromatic rings. The highest BCUT2D eigenvalue weighted by molar-refractivity contribution is 9.10. The van der Waals surface area contributed by atoms with Gasteiger partial charge in [0.05, 0.1) is 10.9 Å². The third kappa shape index (κ3) is 2.28. The highest BCUT2D eigenvalue weighted by atomic mass is 79.9. The highest BCUT2D eigenvalue weighted by Crippen LogP contribution is 2.46. The number of hydrogen-bond acceptors (Lipinski definition) is 4. The van der Waals surface area contributed by atoms with Crippen LogP contribution in [0.4, 0.5) is 10.7 Å². The van der Waals surface area contributed by atoms with Crippen molar-refractivity contribution >= 4 is 38.9 Å². The first-order valence-corrected chi connectivity index (χ1v) is 8.57. The van der Waals surface area contributed by atoms with Crippen molar-refractivity contribution in [3.63, 3.8) is 0 Å². The van der Waals surface area contributed by atoms with Gasteiger partial charge in [0.15, 0.2) is 0 Å². The molecule has 8 heteroatoms. The first-order chi connectivity index (χ1) is 11.4. The number of anilines is 1. The van der Waals surface area contributed by atoms with E-state index in [0.29, 0.717) is 41.8 Å². The summed E-state index contributed by atoms with van der Waals surface area (Å²) in [5.41, 5.74) is 1.60. The lowest BCUT2D eigenvalue weighted by atomic mass is 10.2. The summed E-state index contributed by atoms with van der Waals surface area (Å²) in [6.07, 6.45) is -0.975. The average molecular weight is 393 g/mol. The quantitative estimate of drug-likeness (QED) is 0.811. The van der Waals surface area contributed by atoms with Gasteiger partial charge in [0.1, 0.15) is 0 Å². The van der Waals surface area contributed by atoms with Crippen molar-refractivity contribution in [3.8, 4) is 0 Å². The maximum absolute atomic E-state index is 12.7. The summed E-state index contributed by atoms with van der Waals surface area (Å²) in [6, 6.07) is 3.84. The number of piperidine rings is 1. The summed E-state index contributed by atoms with van der Waals surface area (Å²) in [7, 11) is 1.73. The second-order valence-electron chi connectivity index (χ2n) is 6.63. The van der Waals surface area contributed by atoms with E-state index in [2.05, 4.69) is 26.1 Å². The average Bonchev–Trinajstić information content (AvgIpc) is 2.94. The van der Waals surface area contributed by atoms with Crippen LogP contribution in [-0.4, -0.2) is 39.9 Å². The number of benzene rings is 1. The van der Waals surface area contributed by atoms with Crippen molar-refractivity contribution in [1.82, 2.24) is 14.9 Å². The van der Waals surface area contributed by atoms with E-state index in [1.165, 1.54) is 0 Å². The van der Waals surface area contributed by atoms with Crippen LogP contribution in [0.15, 0.2) is 21.4 Å². The minimum absolute atomic E-state index is 0.0330. The Morgan fingerprint density at radius 3 is 2.67 bits per heavy atom. The van der Waals surface area contributed by atoms with Crippen molar-refractivity contribution in [2.24, 2.45) is 18.9 Å². The van der Waals surface area contributed by atoms with Crippen molar-refractivity contribution in [1.29, 1.82) is 0 Å². The molecular weight excluding hydrogens is 376 g/mol. The number of amides is 1. The van der Waals surface area contributed by atoms with Gasteiger partial charge in [-0.25, -0.2) is 9.78 Å². The largest absolute Gasteiger partial charge is 0.465 e. The van der Waals surface area contributed by atoms with Gasteiger partial charge in [-0.05, 0) is 40.5 Å². The maximum Gasteiger partial charge on any atom is 0.404 e. The normalized spacial score (nSPS) is 25.0. The Morgan fingerprint density at radius 2 is 2.04 bits per heavy atom. The number of fused-ring (bicyclic) bond motifs is 2. The molecule has 24 heavy (non-hydrogen) atoms. The fraction of sp³-hybridized carbons (Fsp3) is 0.438. The third-order valence-corrected chi connectivity index (χ3v) is 5.63. The summed E-state index contributed by atoms with van der Waals surface area (Å²) < 4.78 is 2.39. The van der Waals surface area contributed by atoms with Gasteiger partial charge in [-0.1, -0.05) is 0 Å². The predicted octanol–water partition coefficient (Wildman–Crippen LogP) is 1.71. The zero-order valence-electron chi connectivity index (χ0n) is 13.3. The number of halogens is 1. The summed E-state index contributed by atoms with van der Waals surface area (Å²) in [6.45, 7) is 3.37. The number of aromatic nitrogens is 2. The molecule has 2 N–H and O–H groups in total. The van der Waals surface area contributed by atoms with E-state index in [1.807, 2.05) is 19.1 Å². The standard InChI is InChI=1S/C16H17BrN4O3/c1-7-3-8-13(11(17)4-7)18-15(20(2)14(8)22)21-5-9-10(6-21)12(9)19-16(23)24/h3-4,9-10,12,19H,5-6H2,1-2H3,(H,23,24)/t9-,10+,12?. The van der Waals surface area contributed by atoms with Gasteiger partial charge in [-0.3, -0.25) is 9.36 Å². The summed E-state index contributed by atoms with van der Waals surface area (Å²) in [5.74, 6) is 1.24. The van der Waals surface area contributed by atoms with Gasteiger partial charge in [-0.15, -0.1) is 0 Å². The van der Waals surface area contributed by atoms with E-state index < -0.39 is 6.09 Å². The second kappa shape index (κ2) is 5.20. The predicted molar refractivity (Wildman–Crippen MR) is 93.6 cm³/mol. The summed E-state index contributed by atoms with van der Waals surface area (Å²) in [4.78, 5) is 30.2. The van der Waals surface area contributed by atoms with E-state index in [-0.39, 0.29) is 11.6 Å². The zero-order valence-corrected chi connectivity index (χ0v) is 14.9. The van der Waals surface area contributed by atoms with Crippen LogP contribution >= 0.6 is 15.9 Å². The lowest BCUT2D eigenvalue weighted by Crippen LogP contribution is -2.36. The van der Waals surface area contributed by atoms with Gasteiger partial charge in [0.25, 0.3) is 5.56 Å². The van der Waals surface area contributed by atoms with Gasteiger partial charge in [0, 0.05) is 42.5 Å². The molecule has 7 nitrogen and oxygen atoms in total. The van der Waals surface area contributed by atoms with E-state index >= 15 is 0 Å². The molecule has 1 aromatic carbocycles. The summed E-state index contributed by atoms with van der Waals surface area (Å²) in [5, 5.41) is 12.0.